The van der Waals surface area contributed by atoms with Crippen molar-refractivity contribution < 1.29 is 4.79 Å². The predicted octanol–water partition coefficient (Wildman–Crippen LogP) is 4.79. The SMILES string of the molecule is O=C(NCCc1ccccc1)N1N=C(c2ccccc2)C[C@H]1c1ccccc1. The molecule has 1 aliphatic heterocycles. The molecular weight excluding hydrogens is 346 g/mol. The molecule has 1 aliphatic rings. The zero-order chi connectivity index (χ0) is 19.2. The third-order valence-electron chi connectivity index (χ3n) is 4.94. The quantitative estimate of drug-likeness (QED) is 0.690. The highest BCUT2D eigenvalue weighted by Crippen LogP contribution is 2.32. The van der Waals surface area contributed by atoms with Gasteiger partial charge in [-0.3, -0.25) is 0 Å². The zero-order valence-corrected chi connectivity index (χ0v) is 15.7. The van der Waals surface area contributed by atoms with Gasteiger partial charge in [0.2, 0.25) is 0 Å². The fraction of sp³-hybridized carbons (Fsp3) is 0.167. The van der Waals surface area contributed by atoms with E-state index in [1.54, 1.807) is 5.01 Å². The second-order valence-electron chi connectivity index (χ2n) is 6.86. The van der Waals surface area contributed by atoms with Crippen LogP contribution in [0.25, 0.3) is 0 Å². The lowest BCUT2D eigenvalue weighted by atomic mass is 9.99. The molecule has 0 bridgehead atoms. The van der Waals surface area contributed by atoms with Crippen molar-refractivity contribution in [1.29, 1.82) is 0 Å². The van der Waals surface area contributed by atoms with Crippen molar-refractivity contribution in [3.05, 3.63) is 108 Å². The molecule has 3 aromatic rings. The molecule has 0 aromatic heterocycles. The van der Waals surface area contributed by atoms with Crippen molar-refractivity contribution in [1.82, 2.24) is 10.3 Å². The number of amides is 2. The van der Waals surface area contributed by atoms with Crippen LogP contribution in [0.15, 0.2) is 96.1 Å². The van der Waals surface area contributed by atoms with Gasteiger partial charge in [-0.1, -0.05) is 91.0 Å². The Labute approximate surface area is 165 Å². The number of hydrazone groups is 1. The number of urea groups is 1. The van der Waals surface area contributed by atoms with Crippen LogP contribution in [-0.2, 0) is 6.42 Å². The maximum Gasteiger partial charge on any atom is 0.338 e. The van der Waals surface area contributed by atoms with Crippen LogP contribution < -0.4 is 5.32 Å². The fourth-order valence-corrected chi connectivity index (χ4v) is 3.48. The summed E-state index contributed by atoms with van der Waals surface area (Å²) in [5, 5.41) is 9.30. The molecule has 4 rings (SSSR count). The van der Waals surface area contributed by atoms with Gasteiger partial charge in [0, 0.05) is 13.0 Å². The molecule has 0 fully saturated rings. The van der Waals surface area contributed by atoms with E-state index in [-0.39, 0.29) is 12.1 Å². The number of nitrogens with zero attached hydrogens (tertiary/aromatic N) is 2. The standard InChI is InChI=1S/C24H23N3O/c28-24(25-17-16-19-10-4-1-5-11-19)27-23(21-14-8-3-9-15-21)18-22(26-27)20-12-6-2-7-13-20/h1-15,23H,16-18H2,(H,25,28)/t23-/m0/s1. The van der Waals surface area contributed by atoms with Gasteiger partial charge in [0.1, 0.15) is 0 Å². The van der Waals surface area contributed by atoms with Crippen LogP contribution in [0.5, 0.6) is 0 Å². The third kappa shape index (κ3) is 4.12. The minimum atomic E-state index is -0.157. The zero-order valence-electron chi connectivity index (χ0n) is 15.7. The molecule has 1 atom stereocenters. The first-order valence-corrected chi connectivity index (χ1v) is 9.60. The summed E-state index contributed by atoms with van der Waals surface area (Å²) in [5.41, 5.74) is 4.29. The molecule has 28 heavy (non-hydrogen) atoms. The molecule has 1 N–H and O–H groups in total. The Bertz CT molecular complexity index is 939. The van der Waals surface area contributed by atoms with E-state index >= 15 is 0 Å². The van der Waals surface area contributed by atoms with Crippen LogP contribution in [0.3, 0.4) is 0 Å². The Morgan fingerprint density at radius 3 is 2.18 bits per heavy atom. The molecule has 0 saturated heterocycles. The van der Waals surface area contributed by atoms with E-state index in [2.05, 4.69) is 34.7 Å². The molecule has 0 saturated carbocycles. The maximum absolute atomic E-state index is 12.9. The second kappa shape index (κ2) is 8.53. The highest BCUT2D eigenvalue weighted by atomic mass is 16.2. The summed E-state index contributed by atoms with van der Waals surface area (Å²) in [4.78, 5) is 12.9. The minimum Gasteiger partial charge on any atom is -0.336 e. The molecule has 0 unspecified atom stereocenters. The van der Waals surface area contributed by atoms with Gasteiger partial charge in [0.15, 0.2) is 0 Å². The minimum absolute atomic E-state index is 0.0897. The Balaban J connectivity index is 1.50. The van der Waals surface area contributed by atoms with Gasteiger partial charge in [-0.15, -0.1) is 0 Å². The van der Waals surface area contributed by atoms with E-state index in [0.717, 1.165) is 23.3 Å². The summed E-state index contributed by atoms with van der Waals surface area (Å²) in [6, 6.07) is 30.1. The smallest absolute Gasteiger partial charge is 0.336 e. The second-order valence-corrected chi connectivity index (χ2v) is 6.86. The molecular formula is C24H23N3O. The highest BCUT2D eigenvalue weighted by molar-refractivity contribution is 6.03. The van der Waals surface area contributed by atoms with Crippen LogP contribution in [0.4, 0.5) is 4.79 Å². The molecule has 0 radical (unpaired) electrons. The normalized spacial score (nSPS) is 15.9. The summed E-state index contributed by atoms with van der Waals surface area (Å²) in [6.07, 6.45) is 1.51. The van der Waals surface area contributed by atoms with Crippen molar-refractivity contribution >= 4 is 11.7 Å². The fourth-order valence-electron chi connectivity index (χ4n) is 3.48. The van der Waals surface area contributed by atoms with E-state index in [1.165, 1.54) is 5.56 Å². The van der Waals surface area contributed by atoms with Gasteiger partial charge in [0.05, 0.1) is 11.8 Å². The topological polar surface area (TPSA) is 44.7 Å². The summed E-state index contributed by atoms with van der Waals surface area (Å²) >= 11 is 0. The number of rotatable bonds is 5. The van der Waals surface area contributed by atoms with Crippen molar-refractivity contribution in [2.24, 2.45) is 5.10 Å². The number of nitrogens with one attached hydrogen (secondary N) is 1. The number of carbonyl (C=O) groups is 1. The van der Waals surface area contributed by atoms with Crippen LogP contribution in [0.2, 0.25) is 0 Å². The summed E-state index contributed by atoms with van der Waals surface area (Å²) in [7, 11) is 0. The molecule has 4 heteroatoms. The Kier molecular flexibility index (Phi) is 5.48. The van der Waals surface area contributed by atoms with Gasteiger partial charge in [-0.05, 0) is 23.1 Å². The van der Waals surface area contributed by atoms with Gasteiger partial charge in [-0.2, -0.15) is 5.10 Å². The van der Waals surface area contributed by atoms with Crippen LogP contribution in [0, 0.1) is 0 Å². The lowest BCUT2D eigenvalue weighted by Gasteiger charge is -2.22. The van der Waals surface area contributed by atoms with E-state index in [9.17, 15) is 4.79 Å². The summed E-state index contributed by atoms with van der Waals surface area (Å²) < 4.78 is 0. The molecule has 140 valence electrons. The van der Waals surface area contributed by atoms with Gasteiger partial charge >= 0.3 is 6.03 Å². The summed E-state index contributed by atoms with van der Waals surface area (Å²) in [5.74, 6) is 0. The van der Waals surface area contributed by atoms with Gasteiger partial charge in [0.25, 0.3) is 0 Å². The van der Waals surface area contributed by atoms with Crippen molar-refractivity contribution in [3.8, 4) is 0 Å². The maximum atomic E-state index is 12.9. The average molecular weight is 369 g/mol. The largest absolute Gasteiger partial charge is 0.338 e. The van der Waals surface area contributed by atoms with E-state index in [0.29, 0.717) is 13.0 Å². The number of carbonyl (C=O) groups excluding carboxylic acids is 1. The molecule has 2 amide bonds. The lowest BCUT2D eigenvalue weighted by Crippen LogP contribution is -2.38. The Hall–Kier alpha value is -3.40. The number of benzene rings is 3. The van der Waals surface area contributed by atoms with E-state index in [4.69, 9.17) is 0 Å². The Morgan fingerprint density at radius 2 is 1.50 bits per heavy atom. The molecule has 3 aromatic carbocycles. The van der Waals surface area contributed by atoms with Crippen LogP contribution >= 0.6 is 0 Å². The summed E-state index contributed by atoms with van der Waals surface area (Å²) in [6.45, 7) is 0.580. The molecule has 4 nitrogen and oxygen atoms in total. The first-order chi connectivity index (χ1) is 13.8. The molecule has 1 heterocycles. The lowest BCUT2D eigenvalue weighted by molar-refractivity contribution is 0.186. The molecule has 0 aliphatic carbocycles. The van der Waals surface area contributed by atoms with Gasteiger partial charge in [-0.25, -0.2) is 9.80 Å². The van der Waals surface area contributed by atoms with Crippen molar-refractivity contribution in [2.75, 3.05) is 6.54 Å². The van der Waals surface area contributed by atoms with E-state index < -0.39 is 0 Å². The van der Waals surface area contributed by atoms with Crippen molar-refractivity contribution in [2.45, 2.75) is 18.9 Å². The average Bonchev–Trinajstić information content (AvgIpc) is 3.21. The third-order valence-corrected chi connectivity index (χ3v) is 4.94. The predicted molar refractivity (Wildman–Crippen MR) is 112 cm³/mol. The first kappa shape index (κ1) is 18.0. The van der Waals surface area contributed by atoms with Crippen molar-refractivity contribution in [3.63, 3.8) is 0 Å². The van der Waals surface area contributed by atoms with Crippen LogP contribution in [-0.4, -0.2) is 23.3 Å². The highest BCUT2D eigenvalue weighted by Gasteiger charge is 2.32. The van der Waals surface area contributed by atoms with Crippen LogP contribution in [0.1, 0.15) is 29.2 Å². The molecule has 0 spiro atoms. The Morgan fingerprint density at radius 1 is 0.893 bits per heavy atom. The monoisotopic (exact) mass is 369 g/mol. The first-order valence-electron chi connectivity index (χ1n) is 9.60. The number of hydrogen-bond donors (Lipinski definition) is 1. The number of hydrogen-bond acceptors (Lipinski definition) is 2. The van der Waals surface area contributed by atoms with E-state index in [1.807, 2.05) is 66.7 Å². The van der Waals surface area contributed by atoms with Gasteiger partial charge < -0.3 is 5.32 Å².